The van der Waals surface area contributed by atoms with E-state index in [2.05, 4.69) is 15.5 Å². The zero-order valence-electron chi connectivity index (χ0n) is 14.5. The molecule has 0 saturated heterocycles. The summed E-state index contributed by atoms with van der Waals surface area (Å²) in [7, 11) is 0. The molecule has 0 radical (unpaired) electrons. The van der Waals surface area contributed by atoms with Gasteiger partial charge in [0.2, 0.25) is 5.91 Å². The lowest BCUT2D eigenvalue weighted by Gasteiger charge is -2.09. The molecule has 2 aromatic rings. The first kappa shape index (κ1) is 18.1. The normalized spacial score (nSPS) is 10.8. The van der Waals surface area contributed by atoms with Crippen LogP contribution in [-0.2, 0) is 11.2 Å². The van der Waals surface area contributed by atoms with Crippen molar-refractivity contribution in [3.8, 4) is 11.5 Å². The predicted molar refractivity (Wildman–Crippen MR) is 94.6 cm³/mol. The summed E-state index contributed by atoms with van der Waals surface area (Å²) in [5.74, 6) is 1.18. The number of carbonyl (C=O) groups excluding carboxylic acids is 1. The molecule has 24 heavy (non-hydrogen) atoms. The third kappa shape index (κ3) is 5.16. The second kappa shape index (κ2) is 9.17. The molecule has 0 spiro atoms. The number of hydrogen-bond donors (Lipinski definition) is 2. The maximum absolute atomic E-state index is 12.1. The Morgan fingerprint density at radius 2 is 2.04 bits per heavy atom. The summed E-state index contributed by atoms with van der Waals surface area (Å²) in [5.41, 5.74) is 8.07. The van der Waals surface area contributed by atoms with E-state index in [-0.39, 0.29) is 5.91 Å². The van der Waals surface area contributed by atoms with E-state index >= 15 is 0 Å². The van der Waals surface area contributed by atoms with E-state index in [1.807, 2.05) is 32.0 Å². The molecule has 0 aliphatic carbocycles. The van der Waals surface area contributed by atoms with Crippen molar-refractivity contribution in [1.29, 1.82) is 0 Å². The summed E-state index contributed by atoms with van der Waals surface area (Å²) < 4.78 is 5.26. The van der Waals surface area contributed by atoms with Crippen LogP contribution >= 0.6 is 0 Å². The highest BCUT2D eigenvalue weighted by Crippen LogP contribution is 2.24. The molecule has 1 amide bonds. The Labute approximate surface area is 142 Å². The van der Waals surface area contributed by atoms with Crippen LogP contribution in [0.15, 0.2) is 22.7 Å². The largest absolute Gasteiger partial charge is 0.334 e. The van der Waals surface area contributed by atoms with Gasteiger partial charge in [0.25, 0.3) is 5.89 Å². The third-order valence-corrected chi connectivity index (χ3v) is 3.90. The van der Waals surface area contributed by atoms with Gasteiger partial charge in [-0.25, -0.2) is 0 Å². The summed E-state index contributed by atoms with van der Waals surface area (Å²) in [6, 6.07) is 5.75. The van der Waals surface area contributed by atoms with Crippen molar-refractivity contribution in [2.45, 2.75) is 52.4 Å². The van der Waals surface area contributed by atoms with Gasteiger partial charge in [-0.2, -0.15) is 4.98 Å². The Morgan fingerprint density at radius 3 is 2.75 bits per heavy atom. The predicted octanol–water partition coefficient (Wildman–Crippen LogP) is 3.46. The van der Waals surface area contributed by atoms with Gasteiger partial charge in [-0.1, -0.05) is 31.0 Å². The van der Waals surface area contributed by atoms with Gasteiger partial charge in [0.05, 0.1) is 0 Å². The zero-order chi connectivity index (χ0) is 17.4. The van der Waals surface area contributed by atoms with E-state index in [9.17, 15) is 4.79 Å². The fourth-order valence-electron chi connectivity index (χ4n) is 2.40. The van der Waals surface area contributed by atoms with Crippen LogP contribution in [0.4, 0.5) is 5.69 Å². The van der Waals surface area contributed by atoms with Crippen molar-refractivity contribution in [3.05, 3.63) is 29.6 Å². The number of nitrogens with one attached hydrogen (secondary N) is 1. The second-order valence-corrected chi connectivity index (χ2v) is 5.90. The molecular weight excluding hydrogens is 304 g/mol. The quantitative estimate of drug-likeness (QED) is 0.687. The van der Waals surface area contributed by atoms with Crippen LogP contribution in [-0.4, -0.2) is 22.6 Å². The van der Waals surface area contributed by atoms with Crippen LogP contribution in [0.25, 0.3) is 11.5 Å². The van der Waals surface area contributed by atoms with E-state index in [1.165, 1.54) is 0 Å². The van der Waals surface area contributed by atoms with Gasteiger partial charge in [0.1, 0.15) is 0 Å². The van der Waals surface area contributed by atoms with E-state index in [1.54, 1.807) is 0 Å². The first-order valence-electron chi connectivity index (χ1n) is 8.57. The topological polar surface area (TPSA) is 94.0 Å². The second-order valence-electron chi connectivity index (χ2n) is 5.90. The molecule has 2 rings (SSSR count). The number of aromatic nitrogens is 2. The minimum absolute atomic E-state index is 0.0303. The molecule has 1 aromatic carbocycles. The van der Waals surface area contributed by atoms with E-state index < -0.39 is 0 Å². The van der Waals surface area contributed by atoms with Gasteiger partial charge in [-0.15, -0.1) is 0 Å². The zero-order valence-corrected chi connectivity index (χ0v) is 14.5. The van der Waals surface area contributed by atoms with Crippen LogP contribution in [0.1, 0.15) is 50.4 Å². The maximum atomic E-state index is 12.1. The summed E-state index contributed by atoms with van der Waals surface area (Å²) in [5, 5.41) is 6.89. The molecule has 3 N–H and O–H groups in total. The van der Waals surface area contributed by atoms with E-state index in [4.69, 9.17) is 10.3 Å². The first-order valence-corrected chi connectivity index (χ1v) is 8.57. The highest BCUT2D eigenvalue weighted by Gasteiger charge is 2.11. The Kier molecular flexibility index (Phi) is 6.93. The number of amides is 1. The fourth-order valence-corrected chi connectivity index (χ4v) is 2.40. The summed E-state index contributed by atoms with van der Waals surface area (Å²) in [6.45, 7) is 4.66. The molecule has 0 aliphatic heterocycles. The molecule has 0 saturated carbocycles. The van der Waals surface area contributed by atoms with Crippen molar-refractivity contribution in [2.75, 3.05) is 11.9 Å². The number of rotatable bonds is 9. The lowest BCUT2D eigenvalue weighted by atomic mass is 10.1. The smallest absolute Gasteiger partial charge is 0.257 e. The van der Waals surface area contributed by atoms with Gasteiger partial charge in [0, 0.05) is 24.1 Å². The van der Waals surface area contributed by atoms with Gasteiger partial charge < -0.3 is 15.6 Å². The number of hydrogen-bond acceptors (Lipinski definition) is 5. The molecule has 0 fully saturated rings. The summed E-state index contributed by atoms with van der Waals surface area (Å²) in [6.07, 6.45) is 5.26. The summed E-state index contributed by atoms with van der Waals surface area (Å²) >= 11 is 0. The minimum atomic E-state index is 0.0303. The van der Waals surface area contributed by atoms with Crippen molar-refractivity contribution in [3.63, 3.8) is 0 Å². The Morgan fingerprint density at radius 1 is 1.25 bits per heavy atom. The van der Waals surface area contributed by atoms with Crippen LogP contribution in [0.5, 0.6) is 0 Å². The minimum Gasteiger partial charge on any atom is -0.334 e. The molecule has 130 valence electrons. The molecule has 6 heteroatoms. The van der Waals surface area contributed by atoms with Gasteiger partial charge >= 0.3 is 0 Å². The van der Waals surface area contributed by atoms with Crippen molar-refractivity contribution in [2.24, 2.45) is 5.73 Å². The Balaban J connectivity index is 1.97. The van der Waals surface area contributed by atoms with Gasteiger partial charge in [-0.3, -0.25) is 4.79 Å². The number of carbonyl (C=O) groups is 1. The molecule has 0 unspecified atom stereocenters. The monoisotopic (exact) mass is 330 g/mol. The molecule has 0 atom stereocenters. The lowest BCUT2D eigenvalue weighted by Crippen LogP contribution is -2.12. The molecule has 0 aliphatic rings. The number of aryl methyl sites for hydroxylation is 2. The Hall–Kier alpha value is -2.21. The molecule has 1 heterocycles. The maximum Gasteiger partial charge on any atom is 0.257 e. The molecule has 6 nitrogen and oxygen atoms in total. The average molecular weight is 330 g/mol. The Bertz CT molecular complexity index is 667. The van der Waals surface area contributed by atoms with Crippen molar-refractivity contribution >= 4 is 11.6 Å². The van der Waals surface area contributed by atoms with Crippen LogP contribution in [0, 0.1) is 6.92 Å². The van der Waals surface area contributed by atoms with Crippen LogP contribution in [0.2, 0.25) is 0 Å². The summed E-state index contributed by atoms with van der Waals surface area (Å²) in [4.78, 5) is 16.4. The molecule has 0 bridgehead atoms. The van der Waals surface area contributed by atoms with Crippen LogP contribution in [0.3, 0.4) is 0 Å². The standard InChI is InChI=1S/C18H26N4O2/c1-3-16-21-18(24-22-16)14-10-9-13(2)15(12-14)20-17(23)8-6-4-5-7-11-19/h9-10,12H,3-8,11,19H2,1-2H3,(H,20,23). The van der Waals surface area contributed by atoms with Gasteiger partial charge in [-0.05, 0) is 44.0 Å². The third-order valence-electron chi connectivity index (χ3n) is 3.90. The number of nitrogens with zero attached hydrogens (tertiary/aromatic N) is 2. The number of anilines is 1. The lowest BCUT2D eigenvalue weighted by molar-refractivity contribution is -0.116. The van der Waals surface area contributed by atoms with E-state index in [0.717, 1.165) is 48.9 Å². The highest BCUT2D eigenvalue weighted by molar-refractivity contribution is 5.92. The first-order chi connectivity index (χ1) is 11.6. The number of benzene rings is 1. The SMILES string of the molecule is CCc1noc(-c2ccc(C)c(NC(=O)CCCCCCN)c2)n1. The number of unbranched alkanes of at least 4 members (excludes halogenated alkanes) is 3. The van der Waals surface area contributed by atoms with Gasteiger partial charge in [0.15, 0.2) is 5.82 Å². The van der Waals surface area contributed by atoms with Crippen LogP contribution < -0.4 is 11.1 Å². The number of nitrogens with two attached hydrogens (primary N) is 1. The van der Waals surface area contributed by atoms with Crippen molar-refractivity contribution < 1.29 is 9.32 Å². The molecular formula is C18H26N4O2. The molecule has 1 aromatic heterocycles. The van der Waals surface area contributed by atoms with Crippen molar-refractivity contribution in [1.82, 2.24) is 10.1 Å². The fraction of sp³-hybridized carbons (Fsp3) is 0.500. The van der Waals surface area contributed by atoms with E-state index in [0.29, 0.717) is 24.7 Å². The average Bonchev–Trinajstić information content (AvgIpc) is 3.06. The highest BCUT2D eigenvalue weighted by atomic mass is 16.5.